The van der Waals surface area contributed by atoms with E-state index in [0.29, 0.717) is 28.5 Å². The number of aromatic nitrogens is 3. The van der Waals surface area contributed by atoms with E-state index in [2.05, 4.69) is 10.2 Å². The van der Waals surface area contributed by atoms with Gasteiger partial charge >= 0.3 is 6.18 Å². The molecule has 1 aromatic heterocycles. The highest BCUT2D eigenvalue weighted by Crippen LogP contribution is 2.40. The van der Waals surface area contributed by atoms with E-state index in [-0.39, 0.29) is 0 Å². The SMILES string of the molecule is Nc1nnc(SCc2cccc(C(F)(F)F)c2)n1C1CC1. The molecule has 8 heteroatoms. The number of rotatable bonds is 4. The van der Waals surface area contributed by atoms with Gasteiger partial charge in [0.25, 0.3) is 0 Å². The van der Waals surface area contributed by atoms with Gasteiger partial charge in [0, 0.05) is 11.8 Å². The molecule has 2 aromatic rings. The number of hydrogen-bond donors (Lipinski definition) is 1. The van der Waals surface area contributed by atoms with E-state index in [0.717, 1.165) is 25.0 Å². The number of hydrogen-bond acceptors (Lipinski definition) is 4. The fourth-order valence-corrected chi connectivity index (χ4v) is 3.00. The van der Waals surface area contributed by atoms with Crippen LogP contribution in [-0.4, -0.2) is 14.8 Å². The second-order valence-electron chi connectivity index (χ2n) is 4.93. The van der Waals surface area contributed by atoms with Crippen molar-refractivity contribution in [3.8, 4) is 0 Å². The third-order valence-electron chi connectivity index (χ3n) is 3.23. The van der Waals surface area contributed by atoms with E-state index < -0.39 is 11.7 Å². The van der Waals surface area contributed by atoms with Gasteiger partial charge in [0.05, 0.1) is 5.56 Å². The Kier molecular flexibility index (Phi) is 3.56. The average Bonchev–Trinajstić information content (AvgIpc) is 3.20. The van der Waals surface area contributed by atoms with E-state index >= 15 is 0 Å². The summed E-state index contributed by atoms with van der Waals surface area (Å²) in [6, 6.07) is 5.65. The van der Waals surface area contributed by atoms with Gasteiger partial charge < -0.3 is 5.73 Å². The molecule has 3 rings (SSSR count). The van der Waals surface area contributed by atoms with Crippen molar-refractivity contribution in [1.82, 2.24) is 14.8 Å². The number of alkyl halides is 3. The Labute approximate surface area is 123 Å². The van der Waals surface area contributed by atoms with Crippen LogP contribution >= 0.6 is 11.8 Å². The van der Waals surface area contributed by atoms with Crippen LogP contribution in [0.1, 0.15) is 30.0 Å². The molecule has 1 saturated carbocycles. The molecule has 0 spiro atoms. The molecule has 0 unspecified atom stereocenters. The first-order chi connectivity index (χ1) is 9.95. The van der Waals surface area contributed by atoms with Crippen LogP contribution in [0.5, 0.6) is 0 Å². The standard InChI is InChI=1S/C13H13F3N4S/c14-13(15,16)9-3-1-2-8(6-9)7-21-12-19-18-11(17)20(12)10-4-5-10/h1-3,6,10H,4-5,7H2,(H2,17,18). The molecular formula is C13H13F3N4S. The number of benzene rings is 1. The molecule has 2 N–H and O–H groups in total. The van der Waals surface area contributed by atoms with E-state index in [1.54, 1.807) is 6.07 Å². The Balaban J connectivity index is 1.73. The van der Waals surface area contributed by atoms with Gasteiger partial charge in [-0.05, 0) is 24.5 Å². The normalized spacial score (nSPS) is 15.4. The fraction of sp³-hybridized carbons (Fsp3) is 0.385. The Hall–Kier alpha value is -1.70. The largest absolute Gasteiger partial charge is 0.416 e. The van der Waals surface area contributed by atoms with Crippen molar-refractivity contribution < 1.29 is 13.2 Å². The number of halogens is 3. The molecule has 112 valence electrons. The third-order valence-corrected chi connectivity index (χ3v) is 4.24. The number of anilines is 1. The second kappa shape index (κ2) is 5.25. The summed E-state index contributed by atoms with van der Waals surface area (Å²) < 4.78 is 39.8. The van der Waals surface area contributed by atoms with E-state index in [9.17, 15) is 13.2 Å². The van der Waals surface area contributed by atoms with Crippen LogP contribution in [-0.2, 0) is 11.9 Å². The highest BCUT2D eigenvalue weighted by atomic mass is 32.2. The minimum absolute atomic E-state index is 0.337. The maximum absolute atomic E-state index is 12.7. The molecule has 0 radical (unpaired) electrons. The maximum atomic E-state index is 12.7. The van der Waals surface area contributed by atoms with Gasteiger partial charge in [-0.3, -0.25) is 4.57 Å². The molecule has 0 amide bonds. The van der Waals surface area contributed by atoms with E-state index in [4.69, 9.17) is 5.73 Å². The predicted molar refractivity (Wildman–Crippen MR) is 73.7 cm³/mol. The number of thioether (sulfide) groups is 1. The Morgan fingerprint density at radius 1 is 1.29 bits per heavy atom. The summed E-state index contributed by atoms with van der Waals surface area (Å²) in [5, 5.41) is 8.49. The zero-order valence-corrected chi connectivity index (χ0v) is 11.8. The molecule has 4 nitrogen and oxygen atoms in total. The summed E-state index contributed by atoms with van der Waals surface area (Å²) in [7, 11) is 0. The van der Waals surface area contributed by atoms with Gasteiger partial charge in [0.1, 0.15) is 0 Å². The summed E-state index contributed by atoms with van der Waals surface area (Å²) >= 11 is 1.35. The Bertz CT molecular complexity index is 649. The summed E-state index contributed by atoms with van der Waals surface area (Å²) in [6.45, 7) is 0. The minimum Gasteiger partial charge on any atom is -0.368 e. The van der Waals surface area contributed by atoms with Crippen LogP contribution < -0.4 is 5.73 Å². The van der Waals surface area contributed by atoms with Gasteiger partial charge in [-0.2, -0.15) is 13.2 Å². The molecule has 0 aliphatic heterocycles. The molecule has 1 heterocycles. The first kappa shape index (κ1) is 14.2. The Morgan fingerprint density at radius 2 is 2.05 bits per heavy atom. The molecular weight excluding hydrogens is 301 g/mol. The second-order valence-corrected chi connectivity index (χ2v) is 5.87. The van der Waals surface area contributed by atoms with E-state index in [1.807, 2.05) is 4.57 Å². The highest BCUT2D eigenvalue weighted by Gasteiger charge is 2.31. The third kappa shape index (κ3) is 3.15. The van der Waals surface area contributed by atoms with Crippen LogP contribution in [0.3, 0.4) is 0 Å². The molecule has 0 bridgehead atoms. The number of nitrogen functional groups attached to an aromatic ring is 1. The molecule has 1 aliphatic rings. The first-order valence-electron chi connectivity index (χ1n) is 6.44. The van der Waals surface area contributed by atoms with Gasteiger partial charge in [-0.15, -0.1) is 10.2 Å². The summed E-state index contributed by atoms with van der Waals surface area (Å²) in [5.41, 5.74) is 5.72. The zero-order valence-electron chi connectivity index (χ0n) is 11.0. The molecule has 0 atom stereocenters. The van der Waals surface area contributed by atoms with Crippen LogP contribution in [0.2, 0.25) is 0 Å². The van der Waals surface area contributed by atoms with Crippen molar-refractivity contribution in [3.05, 3.63) is 35.4 Å². The molecule has 0 saturated heterocycles. The predicted octanol–water partition coefficient (Wildman–Crippen LogP) is 3.51. The van der Waals surface area contributed by atoms with Crippen LogP contribution in [0.4, 0.5) is 19.1 Å². The highest BCUT2D eigenvalue weighted by molar-refractivity contribution is 7.98. The average molecular weight is 314 g/mol. The fourth-order valence-electron chi connectivity index (χ4n) is 2.05. The molecule has 1 fully saturated rings. The summed E-state index contributed by atoms with van der Waals surface area (Å²) in [6.07, 6.45) is -2.24. The van der Waals surface area contributed by atoms with Crippen LogP contribution in [0.25, 0.3) is 0 Å². The van der Waals surface area contributed by atoms with Crippen LogP contribution in [0, 0.1) is 0 Å². The molecule has 1 aromatic carbocycles. The topological polar surface area (TPSA) is 56.7 Å². The van der Waals surface area contributed by atoms with E-state index in [1.165, 1.54) is 17.8 Å². The number of nitrogens with two attached hydrogens (primary N) is 1. The van der Waals surface area contributed by atoms with Crippen molar-refractivity contribution in [2.75, 3.05) is 5.73 Å². The molecule has 21 heavy (non-hydrogen) atoms. The summed E-state index contributed by atoms with van der Waals surface area (Å²) in [5.74, 6) is 0.762. The summed E-state index contributed by atoms with van der Waals surface area (Å²) in [4.78, 5) is 0. The quantitative estimate of drug-likeness (QED) is 0.878. The van der Waals surface area contributed by atoms with Crippen molar-refractivity contribution in [2.24, 2.45) is 0 Å². The lowest BCUT2D eigenvalue weighted by molar-refractivity contribution is -0.137. The van der Waals surface area contributed by atoms with Crippen molar-refractivity contribution in [3.63, 3.8) is 0 Å². The van der Waals surface area contributed by atoms with Crippen molar-refractivity contribution >= 4 is 17.7 Å². The first-order valence-corrected chi connectivity index (χ1v) is 7.43. The zero-order chi connectivity index (χ0) is 15.0. The Morgan fingerprint density at radius 3 is 2.71 bits per heavy atom. The van der Waals surface area contributed by atoms with Gasteiger partial charge in [0.2, 0.25) is 5.95 Å². The van der Waals surface area contributed by atoms with Gasteiger partial charge in [-0.25, -0.2) is 0 Å². The van der Waals surface area contributed by atoms with Gasteiger partial charge in [-0.1, -0.05) is 30.0 Å². The van der Waals surface area contributed by atoms with Crippen molar-refractivity contribution in [1.29, 1.82) is 0 Å². The number of nitrogens with zero attached hydrogens (tertiary/aromatic N) is 3. The lowest BCUT2D eigenvalue weighted by Gasteiger charge is -2.09. The van der Waals surface area contributed by atoms with Crippen molar-refractivity contribution in [2.45, 2.75) is 36.0 Å². The monoisotopic (exact) mass is 314 g/mol. The lowest BCUT2D eigenvalue weighted by atomic mass is 10.1. The lowest BCUT2D eigenvalue weighted by Crippen LogP contribution is -2.05. The molecule has 1 aliphatic carbocycles. The van der Waals surface area contributed by atoms with Gasteiger partial charge in [0.15, 0.2) is 5.16 Å². The van der Waals surface area contributed by atoms with Crippen LogP contribution in [0.15, 0.2) is 29.4 Å². The minimum atomic E-state index is -4.32. The smallest absolute Gasteiger partial charge is 0.368 e. The maximum Gasteiger partial charge on any atom is 0.416 e.